The smallest absolute Gasteiger partial charge is 0.0841 e. The van der Waals surface area contributed by atoms with E-state index in [2.05, 4.69) is 73.8 Å². The lowest BCUT2D eigenvalue weighted by molar-refractivity contribution is 1.15. The van der Waals surface area contributed by atoms with Crippen molar-refractivity contribution < 1.29 is 0 Å². The van der Waals surface area contributed by atoms with Gasteiger partial charge in [0.2, 0.25) is 0 Å². The number of benzene rings is 3. The van der Waals surface area contributed by atoms with Crippen molar-refractivity contribution in [1.29, 1.82) is 0 Å². The molecular weight excluding hydrogens is 296 g/mol. The zero-order valence-electron chi connectivity index (χ0n) is 12.1. The Morgan fingerprint density at radius 2 is 1.52 bits per heavy atom. The maximum absolute atomic E-state index is 6.75. The highest BCUT2D eigenvalue weighted by Crippen LogP contribution is 2.35. The predicted octanol–water partition coefficient (Wildman–Crippen LogP) is 6.20. The molecule has 0 aromatic heterocycles. The van der Waals surface area contributed by atoms with Gasteiger partial charge in [-0.3, -0.25) is 0 Å². The van der Waals surface area contributed by atoms with Crippen molar-refractivity contribution in [2.75, 3.05) is 6.26 Å². The highest BCUT2D eigenvalue weighted by molar-refractivity contribution is 7.98. The molecule has 0 saturated heterocycles. The predicted molar refractivity (Wildman–Crippen MR) is 94.6 cm³/mol. The number of thioether (sulfide) groups is 1. The monoisotopic (exact) mass is 312 g/mol. The Balaban J connectivity index is 2.08. The summed E-state index contributed by atoms with van der Waals surface area (Å²) in [5.41, 5.74) is 3.61. The first-order chi connectivity index (χ1) is 10.2. The number of hydrogen-bond donors (Lipinski definition) is 0. The van der Waals surface area contributed by atoms with Crippen molar-refractivity contribution >= 4 is 34.1 Å². The van der Waals surface area contributed by atoms with Gasteiger partial charge in [0.05, 0.1) is 5.38 Å². The third-order valence-corrected chi connectivity index (χ3v) is 5.09. The minimum Gasteiger partial charge on any atom is -0.130 e. The van der Waals surface area contributed by atoms with Crippen LogP contribution in [-0.4, -0.2) is 6.26 Å². The summed E-state index contributed by atoms with van der Waals surface area (Å²) in [6.45, 7) is 2.14. The second-order valence-electron chi connectivity index (χ2n) is 5.15. The molecule has 0 fully saturated rings. The van der Waals surface area contributed by atoms with Crippen molar-refractivity contribution in [3.05, 3.63) is 77.4 Å². The zero-order chi connectivity index (χ0) is 14.8. The van der Waals surface area contributed by atoms with E-state index < -0.39 is 0 Å². The quantitative estimate of drug-likeness (QED) is 0.410. The van der Waals surface area contributed by atoms with Crippen molar-refractivity contribution in [3.63, 3.8) is 0 Å². The molecule has 21 heavy (non-hydrogen) atoms. The summed E-state index contributed by atoms with van der Waals surface area (Å²) in [5, 5.41) is 2.40. The van der Waals surface area contributed by atoms with E-state index in [-0.39, 0.29) is 5.38 Å². The van der Waals surface area contributed by atoms with Gasteiger partial charge in [0.25, 0.3) is 0 Å². The number of alkyl halides is 1. The van der Waals surface area contributed by atoms with Crippen molar-refractivity contribution in [2.24, 2.45) is 0 Å². The molecule has 3 rings (SSSR count). The number of aryl methyl sites for hydroxylation is 1. The number of halogens is 1. The van der Waals surface area contributed by atoms with Crippen LogP contribution in [0.5, 0.6) is 0 Å². The molecule has 0 aliphatic carbocycles. The first-order valence-corrected chi connectivity index (χ1v) is 8.63. The molecule has 0 bridgehead atoms. The molecule has 106 valence electrons. The molecule has 0 saturated carbocycles. The fourth-order valence-electron chi connectivity index (χ4n) is 2.65. The van der Waals surface area contributed by atoms with Crippen LogP contribution >= 0.6 is 23.4 Å². The topological polar surface area (TPSA) is 0 Å². The van der Waals surface area contributed by atoms with Crippen LogP contribution in [-0.2, 0) is 0 Å². The van der Waals surface area contributed by atoms with E-state index in [0.717, 1.165) is 5.56 Å². The molecule has 3 aromatic carbocycles. The summed E-state index contributed by atoms with van der Waals surface area (Å²) >= 11 is 8.50. The summed E-state index contributed by atoms with van der Waals surface area (Å²) in [6.07, 6.45) is 2.08. The average Bonchev–Trinajstić information content (AvgIpc) is 2.55. The molecule has 0 aliphatic heterocycles. The highest BCUT2D eigenvalue weighted by Gasteiger charge is 2.14. The molecular formula is C19H17ClS. The Bertz CT molecular complexity index is 762. The normalized spacial score (nSPS) is 12.5. The molecule has 2 heteroatoms. The van der Waals surface area contributed by atoms with Crippen LogP contribution in [0, 0.1) is 6.92 Å². The third-order valence-electron chi connectivity index (χ3n) is 3.86. The lowest BCUT2D eigenvalue weighted by atomic mass is 9.95. The van der Waals surface area contributed by atoms with Crippen molar-refractivity contribution in [1.82, 2.24) is 0 Å². The summed E-state index contributed by atoms with van der Waals surface area (Å²) < 4.78 is 0. The summed E-state index contributed by atoms with van der Waals surface area (Å²) in [7, 11) is 0. The third kappa shape index (κ3) is 2.81. The van der Waals surface area contributed by atoms with Gasteiger partial charge in [-0.05, 0) is 52.8 Å². The molecule has 0 nitrogen and oxygen atoms in total. The maximum Gasteiger partial charge on any atom is 0.0841 e. The molecule has 0 N–H and O–H groups in total. The largest absolute Gasteiger partial charge is 0.130 e. The van der Waals surface area contributed by atoms with Crippen LogP contribution in [0.1, 0.15) is 22.1 Å². The minimum atomic E-state index is -0.119. The van der Waals surface area contributed by atoms with Gasteiger partial charge < -0.3 is 0 Å². The number of hydrogen-bond acceptors (Lipinski definition) is 1. The summed E-state index contributed by atoms with van der Waals surface area (Å²) in [4.78, 5) is 1.26. The van der Waals surface area contributed by atoms with Gasteiger partial charge in [-0.2, -0.15) is 0 Å². The van der Waals surface area contributed by atoms with Crippen LogP contribution in [0.4, 0.5) is 0 Å². The van der Waals surface area contributed by atoms with E-state index in [1.165, 1.54) is 26.8 Å². The SMILES string of the molecule is CSc1ccc(C(Cl)c2ccc(C)c3ccccc23)cc1. The van der Waals surface area contributed by atoms with Gasteiger partial charge in [0.1, 0.15) is 0 Å². The Morgan fingerprint density at radius 1 is 0.857 bits per heavy atom. The lowest BCUT2D eigenvalue weighted by Gasteiger charge is -2.15. The molecule has 3 aromatic rings. The molecule has 0 spiro atoms. The summed E-state index contributed by atoms with van der Waals surface area (Å²) in [5.74, 6) is 0. The van der Waals surface area contributed by atoms with Crippen LogP contribution in [0.15, 0.2) is 65.6 Å². The second-order valence-corrected chi connectivity index (χ2v) is 6.47. The van der Waals surface area contributed by atoms with Crippen LogP contribution < -0.4 is 0 Å². The van der Waals surface area contributed by atoms with E-state index in [4.69, 9.17) is 11.6 Å². The van der Waals surface area contributed by atoms with E-state index in [1.54, 1.807) is 11.8 Å². The Morgan fingerprint density at radius 3 is 2.19 bits per heavy atom. The van der Waals surface area contributed by atoms with Gasteiger partial charge in [0.15, 0.2) is 0 Å². The number of fused-ring (bicyclic) bond motifs is 1. The van der Waals surface area contributed by atoms with E-state index in [1.807, 2.05) is 0 Å². The molecule has 0 aliphatic rings. The molecule has 0 amide bonds. The van der Waals surface area contributed by atoms with Crippen LogP contribution in [0.3, 0.4) is 0 Å². The van der Waals surface area contributed by atoms with E-state index in [9.17, 15) is 0 Å². The summed E-state index contributed by atoms with van der Waals surface area (Å²) in [6, 6.07) is 21.3. The zero-order valence-corrected chi connectivity index (χ0v) is 13.7. The Labute approximate surface area is 135 Å². The first-order valence-electron chi connectivity index (χ1n) is 6.97. The number of rotatable bonds is 3. The van der Waals surface area contributed by atoms with Crippen LogP contribution in [0.2, 0.25) is 0 Å². The van der Waals surface area contributed by atoms with Gasteiger partial charge in [-0.1, -0.05) is 48.5 Å². The average molecular weight is 313 g/mol. The van der Waals surface area contributed by atoms with Gasteiger partial charge in [0, 0.05) is 4.90 Å². The van der Waals surface area contributed by atoms with Crippen molar-refractivity contribution in [2.45, 2.75) is 17.2 Å². The Hall–Kier alpha value is -1.44. The van der Waals surface area contributed by atoms with Gasteiger partial charge in [-0.15, -0.1) is 23.4 Å². The molecule has 0 heterocycles. The molecule has 1 unspecified atom stereocenters. The Kier molecular flexibility index (Phi) is 4.23. The first kappa shape index (κ1) is 14.5. The molecule has 0 radical (unpaired) electrons. The fraction of sp³-hybridized carbons (Fsp3) is 0.158. The van der Waals surface area contributed by atoms with Crippen LogP contribution in [0.25, 0.3) is 10.8 Å². The minimum absolute atomic E-state index is 0.119. The standard InChI is InChI=1S/C19H17ClS/c1-13-7-12-18(17-6-4-3-5-16(13)17)19(20)14-8-10-15(21-2)11-9-14/h3-12,19H,1-2H3. The van der Waals surface area contributed by atoms with Crippen molar-refractivity contribution in [3.8, 4) is 0 Å². The fourth-order valence-corrected chi connectivity index (χ4v) is 3.39. The van der Waals surface area contributed by atoms with Gasteiger partial charge >= 0.3 is 0 Å². The van der Waals surface area contributed by atoms with Gasteiger partial charge in [-0.25, -0.2) is 0 Å². The lowest BCUT2D eigenvalue weighted by Crippen LogP contribution is -1.95. The highest BCUT2D eigenvalue weighted by atomic mass is 35.5. The second kappa shape index (κ2) is 6.13. The van der Waals surface area contributed by atoms with E-state index >= 15 is 0 Å². The molecule has 1 atom stereocenters. The maximum atomic E-state index is 6.75. The van der Waals surface area contributed by atoms with E-state index in [0.29, 0.717) is 0 Å².